The normalized spacial score (nSPS) is 18.1. The van der Waals surface area contributed by atoms with Crippen molar-refractivity contribution in [3.63, 3.8) is 0 Å². The minimum absolute atomic E-state index is 0.105. The van der Waals surface area contributed by atoms with Crippen LogP contribution in [-0.2, 0) is 0 Å². The highest BCUT2D eigenvalue weighted by Crippen LogP contribution is 2.11. The number of aliphatic hydroxyl groups is 1. The molecule has 0 aliphatic rings. The molecule has 3 nitrogen and oxygen atoms in total. The second-order valence-electron chi connectivity index (χ2n) is 3.17. The van der Waals surface area contributed by atoms with Gasteiger partial charge in [0.05, 0.1) is 12.2 Å². The first-order chi connectivity index (χ1) is 6.17. The third kappa shape index (κ3) is 4.07. The Morgan fingerprint density at radius 2 is 2.23 bits per heavy atom. The van der Waals surface area contributed by atoms with Crippen LogP contribution in [0.25, 0.3) is 0 Å². The monoisotopic (exact) mass is 182 g/mol. The van der Waals surface area contributed by atoms with Crippen LogP contribution in [0.4, 0.5) is 0 Å². The van der Waals surface area contributed by atoms with Gasteiger partial charge in [0, 0.05) is 0 Å². The molecule has 3 heteroatoms. The molecule has 0 fully saturated rings. The summed E-state index contributed by atoms with van der Waals surface area (Å²) in [6, 6.07) is 1.55. The van der Waals surface area contributed by atoms with Gasteiger partial charge in [0.25, 0.3) is 0 Å². The van der Waals surface area contributed by atoms with Gasteiger partial charge in [-0.2, -0.15) is 5.26 Å². The molecule has 1 unspecified atom stereocenters. The predicted octanol–water partition coefficient (Wildman–Crippen LogP) is 1.06. The van der Waals surface area contributed by atoms with Gasteiger partial charge in [-0.25, -0.2) is 0 Å². The summed E-state index contributed by atoms with van der Waals surface area (Å²) < 4.78 is 0. The summed E-state index contributed by atoms with van der Waals surface area (Å²) in [5.74, 6) is 0.105. The van der Waals surface area contributed by atoms with Gasteiger partial charge in [0.15, 0.2) is 0 Å². The minimum Gasteiger partial charge on any atom is -0.390 e. The van der Waals surface area contributed by atoms with Crippen molar-refractivity contribution in [2.45, 2.75) is 32.4 Å². The van der Waals surface area contributed by atoms with Crippen molar-refractivity contribution in [1.29, 1.82) is 5.26 Å². The van der Waals surface area contributed by atoms with E-state index in [0.29, 0.717) is 0 Å². The fourth-order valence-corrected chi connectivity index (χ4v) is 1.13. The summed E-state index contributed by atoms with van der Waals surface area (Å²) in [6.45, 7) is 3.88. The second-order valence-corrected chi connectivity index (χ2v) is 3.17. The summed E-state index contributed by atoms with van der Waals surface area (Å²) in [5.41, 5.74) is 0. The van der Waals surface area contributed by atoms with Crippen molar-refractivity contribution in [2.24, 2.45) is 5.92 Å². The van der Waals surface area contributed by atoms with Crippen LogP contribution in [0.5, 0.6) is 0 Å². The van der Waals surface area contributed by atoms with Gasteiger partial charge in [0.2, 0.25) is 0 Å². The van der Waals surface area contributed by atoms with E-state index in [4.69, 9.17) is 5.26 Å². The average molecular weight is 182 g/mol. The molecule has 13 heavy (non-hydrogen) atoms. The number of hydrogen-bond acceptors (Lipinski definition) is 3. The molecule has 0 aromatic carbocycles. The molecule has 0 aromatic rings. The van der Waals surface area contributed by atoms with E-state index < -0.39 is 12.1 Å². The van der Waals surface area contributed by atoms with E-state index in [0.717, 1.165) is 6.42 Å². The summed E-state index contributed by atoms with van der Waals surface area (Å²) in [6.07, 6.45) is 4.14. The molecule has 0 aliphatic carbocycles. The molecule has 0 radical (unpaired) electrons. The molecule has 0 aromatic heterocycles. The highest BCUT2D eigenvalue weighted by atomic mass is 16.3. The fourth-order valence-electron chi connectivity index (χ4n) is 1.13. The quantitative estimate of drug-likeness (QED) is 0.625. The van der Waals surface area contributed by atoms with Crippen molar-refractivity contribution >= 4 is 0 Å². The zero-order chi connectivity index (χ0) is 10.3. The third-order valence-corrected chi connectivity index (χ3v) is 2.12. The molecule has 0 heterocycles. The molecular formula is C10H18N2O. The largest absolute Gasteiger partial charge is 0.390 e. The highest BCUT2D eigenvalue weighted by molar-refractivity contribution is 4.97. The van der Waals surface area contributed by atoms with E-state index in [2.05, 4.69) is 5.32 Å². The van der Waals surface area contributed by atoms with E-state index in [1.165, 1.54) is 0 Å². The van der Waals surface area contributed by atoms with Gasteiger partial charge in [0.1, 0.15) is 6.04 Å². The number of likely N-dealkylation sites (N-methyl/N-ethyl adjacent to an activating group) is 1. The second kappa shape index (κ2) is 6.64. The minimum atomic E-state index is -0.605. The van der Waals surface area contributed by atoms with Crippen molar-refractivity contribution in [2.75, 3.05) is 7.05 Å². The Bertz CT molecular complexity index is 196. The van der Waals surface area contributed by atoms with Crippen LogP contribution >= 0.6 is 0 Å². The summed E-state index contributed by atoms with van der Waals surface area (Å²) in [7, 11) is 1.68. The van der Waals surface area contributed by atoms with Crippen molar-refractivity contribution in [1.82, 2.24) is 5.32 Å². The van der Waals surface area contributed by atoms with Gasteiger partial charge in [-0.05, 0) is 26.3 Å². The van der Waals surface area contributed by atoms with Gasteiger partial charge in [-0.15, -0.1) is 0 Å². The topological polar surface area (TPSA) is 56.0 Å². The smallest absolute Gasteiger partial charge is 0.122 e. The number of nitriles is 1. The standard InChI is InChI=1S/C10H18N2O/c1-4-5-6-8(2)10(13)9(7-11)12-3/h4-5,8-10,12-13H,6H2,1-3H3/t8-,9?,10-/m1/s1. The first-order valence-electron chi connectivity index (χ1n) is 4.53. The highest BCUT2D eigenvalue weighted by Gasteiger charge is 2.21. The fraction of sp³-hybridized carbons (Fsp3) is 0.700. The van der Waals surface area contributed by atoms with E-state index >= 15 is 0 Å². The van der Waals surface area contributed by atoms with Crippen LogP contribution in [0.15, 0.2) is 12.2 Å². The summed E-state index contributed by atoms with van der Waals surface area (Å²) >= 11 is 0. The first kappa shape index (κ1) is 12.2. The van der Waals surface area contributed by atoms with E-state index in [1.54, 1.807) is 7.05 Å². The lowest BCUT2D eigenvalue weighted by molar-refractivity contribution is 0.0977. The molecule has 0 saturated carbocycles. The number of hydrogen-bond donors (Lipinski definition) is 2. The third-order valence-electron chi connectivity index (χ3n) is 2.12. The SMILES string of the molecule is CC=CC[C@@H](C)[C@@H](O)C(C#N)NC. The van der Waals surface area contributed by atoms with Gasteiger partial charge in [-0.3, -0.25) is 0 Å². The molecule has 0 aliphatic heterocycles. The zero-order valence-corrected chi connectivity index (χ0v) is 8.49. The van der Waals surface area contributed by atoms with Crippen LogP contribution in [0, 0.1) is 17.2 Å². The van der Waals surface area contributed by atoms with Gasteiger partial charge >= 0.3 is 0 Å². The predicted molar refractivity (Wildman–Crippen MR) is 53.1 cm³/mol. The Morgan fingerprint density at radius 3 is 2.62 bits per heavy atom. The van der Waals surface area contributed by atoms with Crippen LogP contribution in [0.2, 0.25) is 0 Å². The molecule has 0 saturated heterocycles. The van der Waals surface area contributed by atoms with E-state index in [9.17, 15) is 5.11 Å². The van der Waals surface area contributed by atoms with Crippen molar-refractivity contribution < 1.29 is 5.11 Å². The lowest BCUT2D eigenvalue weighted by atomic mass is 9.95. The van der Waals surface area contributed by atoms with Gasteiger partial charge < -0.3 is 10.4 Å². The Kier molecular flexibility index (Phi) is 6.21. The van der Waals surface area contributed by atoms with Crippen LogP contribution in [0.1, 0.15) is 20.3 Å². The van der Waals surface area contributed by atoms with Crippen molar-refractivity contribution in [3.8, 4) is 6.07 Å². The maximum absolute atomic E-state index is 9.69. The molecule has 0 amide bonds. The van der Waals surface area contributed by atoms with E-state index in [1.807, 2.05) is 32.1 Å². The molecule has 0 bridgehead atoms. The summed E-state index contributed by atoms with van der Waals surface area (Å²) in [4.78, 5) is 0. The number of aliphatic hydroxyl groups excluding tert-OH is 1. The molecule has 3 atom stereocenters. The average Bonchev–Trinajstić information content (AvgIpc) is 2.15. The lowest BCUT2D eigenvalue weighted by Gasteiger charge is -2.21. The maximum Gasteiger partial charge on any atom is 0.122 e. The summed E-state index contributed by atoms with van der Waals surface area (Å²) in [5, 5.41) is 21.1. The molecule has 2 N–H and O–H groups in total. The number of nitrogens with one attached hydrogen (secondary N) is 1. The number of allylic oxidation sites excluding steroid dienone is 2. The van der Waals surface area contributed by atoms with Crippen molar-refractivity contribution in [3.05, 3.63) is 12.2 Å². The maximum atomic E-state index is 9.69. The Hall–Kier alpha value is -0.850. The Balaban J connectivity index is 4.07. The number of nitrogens with zero attached hydrogens (tertiary/aromatic N) is 1. The van der Waals surface area contributed by atoms with Crippen LogP contribution in [0.3, 0.4) is 0 Å². The zero-order valence-electron chi connectivity index (χ0n) is 8.49. The van der Waals surface area contributed by atoms with E-state index in [-0.39, 0.29) is 5.92 Å². The lowest BCUT2D eigenvalue weighted by Crippen LogP contribution is -2.40. The molecule has 0 spiro atoms. The first-order valence-corrected chi connectivity index (χ1v) is 4.53. The molecular weight excluding hydrogens is 164 g/mol. The van der Waals surface area contributed by atoms with Crippen LogP contribution < -0.4 is 5.32 Å². The Labute approximate surface area is 80.1 Å². The van der Waals surface area contributed by atoms with Gasteiger partial charge in [-0.1, -0.05) is 19.1 Å². The van der Waals surface area contributed by atoms with Crippen LogP contribution in [-0.4, -0.2) is 24.3 Å². The molecule has 74 valence electrons. The molecule has 0 rings (SSSR count). The number of rotatable bonds is 5. The Morgan fingerprint density at radius 1 is 1.62 bits per heavy atom.